The molecule has 3 heterocycles. The van der Waals surface area contributed by atoms with Gasteiger partial charge in [-0.1, -0.05) is 18.7 Å². The van der Waals surface area contributed by atoms with E-state index < -0.39 is 0 Å². The number of carbonyl (C=O) groups excluding carboxylic acids is 1. The second-order valence-corrected chi connectivity index (χ2v) is 9.57. The molecule has 1 amide bonds. The van der Waals surface area contributed by atoms with Gasteiger partial charge in [-0.3, -0.25) is 14.7 Å². The fraction of sp³-hybridized carbons (Fsp3) is 0.241. The van der Waals surface area contributed by atoms with Gasteiger partial charge in [0.05, 0.1) is 16.9 Å². The highest BCUT2D eigenvalue weighted by atomic mass is 19.1. The summed E-state index contributed by atoms with van der Waals surface area (Å²) in [5.41, 5.74) is 2.77. The molecule has 1 saturated carbocycles. The number of fused-ring (bicyclic) bond motifs is 1. The van der Waals surface area contributed by atoms with E-state index in [0.717, 1.165) is 19.5 Å². The van der Waals surface area contributed by atoms with Crippen LogP contribution in [0, 0.1) is 5.82 Å². The minimum absolute atomic E-state index is 0.0421. The van der Waals surface area contributed by atoms with Gasteiger partial charge >= 0.3 is 0 Å². The number of amides is 1. The van der Waals surface area contributed by atoms with E-state index in [1.54, 1.807) is 42.6 Å². The van der Waals surface area contributed by atoms with Gasteiger partial charge in [0.1, 0.15) is 29.8 Å². The molecular weight excluding hydrogens is 483 g/mol. The van der Waals surface area contributed by atoms with Crippen molar-refractivity contribution in [3.63, 3.8) is 0 Å². The summed E-state index contributed by atoms with van der Waals surface area (Å²) in [7, 11) is 0. The van der Waals surface area contributed by atoms with Crippen molar-refractivity contribution in [2.24, 2.45) is 0 Å². The van der Waals surface area contributed by atoms with Crippen LogP contribution < -0.4 is 15.4 Å². The van der Waals surface area contributed by atoms with Crippen molar-refractivity contribution in [3.05, 3.63) is 79.5 Å². The average molecular weight is 511 g/mol. The molecule has 2 fully saturated rings. The molecule has 0 bridgehead atoms. The third-order valence-corrected chi connectivity index (χ3v) is 6.89. The van der Waals surface area contributed by atoms with Crippen LogP contribution >= 0.6 is 0 Å². The Bertz CT molecular complexity index is 1520. The van der Waals surface area contributed by atoms with Gasteiger partial charge < -0.3 is 15.4 Å². The summed E-state index contributed by atoms with van der Waals surface area (Å²) >= 11 is 0. The van der Waals surface area contributed by atoms with Crippen molar-refractivity contribution in [2.45, 2.75) is 31.4 Å². The number of nitrogens with zero attached hydrogens (tertiary/aromatic N) is 4. The minimum Gasteiger partial charge on any atom is -0.487 e. The van der Waals surface area contributed by atoms with Crippen LogP contribution in [0.1, 0.15) is 19.3 Å². The highest BCUT2D eigenvalue weighted by Gasteiger charge is 2.35. The molecule has 1 atom stereocenters. The van der Waals surface area contributed by atoms with Gasteiger partial charge in [-0.05, 0) is 55.7 Å². The van der Waals surface area contributed by atoms with Gasteiger partial charge in [0.2, 0.25) is 5.91 Å². The lowest BCUT2D eigenvalue weighted by atomic mass is 10.1. The average Bonchev–Trinajstić information content (AvgIpc) is 3.68. The predicted octanol–water partition coefficient (Wildman–Crippen LogP) is 5.31. The van der Waals surface area contributed by atoms with E-state index in [2.05, 4.69) is 37.1 Å². The van der Waals surface area contributed by atoms with Crippen molar-refractivity contribution in [1.82, 2.24) is 19.9 Å². The van der Waals surface area contributed by atoms with Crippen molar-refractivity contribution in [3.8, 4) is 17.0 Å². The Kier molecular flexibility index (Phi) is 6.43. The molecule has 2 aliphatic rings. The zero-order chi connectivity index (χ0) is 26.1. The number of nitrogens with one attached hydrogen (secondary N) is 2. The lowest BCUT2D eigenvalue weighted by Crippen LogP contribution is -2.26. The molecular formula is C29H27FN6O2. The Morgan fingerprint density at radius 2 is 1.97 bits per heavy atom. The number of ether oxygens (including phenoxy) is 1. The zero-order valence-corrected chi connectivity index (χ0v) is 20.7. The molecule has 1 saturated heterocycles. The van der Waals surface area contributed by atoms with Gasteiger partial charge in [-0.2, -0.15) is 0 Å². The highest BCUT2D eigenvalue weighted by molar-refractivity contribution is 6.03. The maximum absolute atomic E-state index is 14.3. The second kappa shape index (κ2) is 10.2. The SMILES string of the molecule is C=CC(=O)Nc1cc2c(Nc3ccnc(-c4ccccc4F)c3)ncnc2cc1OC1CCN(C2CC2)C1. The number of benzene rings is 2. The molecule has 38 heavy (non-hydrogen) atoms. The largest absolute Gasteiger partial charge is 0.487 e. The Morgan fingerprint density at radius 1 is 1.11 bits per heavy atom. The molecule has 1 aliphatic carbocycles. The zero-order valence-electron chi connectivity index (χ0n) is 20.7. The number of halogens is 1. The Hall–Kier alpha value is -4.37. The van der Waals surface area contributed by atoms with E-state index in [9.17, 15) is 9.18 Å². The van der Waals surface area contributed by atoms with Crippen molar-refractivity contribution < 1.29 is 13.9 Å². The van der Waals surface area contributed by atoms with E-state index in [1.165, 1.54) is 31.3 Å². The number of carbonyl (C=O) groups is 1. The molecule has 8 nitrogen and oxygen atoms in total. The fourth-order valence-electron chi connectivity index (χ4n) is 4.82. The number of likely N-dealkylation sites (tertiary alicyclic amines) is 1. The number of pyridine rings is 1. The van der Waals surface area contributed by atoms with Crippen LogP contribution in [0.25, 0.3) is 22.2 Å². The lowest BCUT2D eigenvalue weighted by Gasteiger charge is -2.19. The fourth-order valence-corrected chi connectivity index (χ4v) is 4.82. The summed E-state index contributed by atoms with van der Waals surface area (Å²) in [6.45, 7) is 5.47. The summed E-state index contributed by atoms with van der Waals surface area (Å²) in [6, 6.07) is 14.4. The van der Waals surface area contributed by atoms with Gasteiger partial charge in [-0.25, -0.2) is 14.4 Å². The molecule has 9 heteroatoms. The topological polar surface area (TPSA) is 92.3 Å². The Balaban J connectivity index is 1.32. The maximum atomic E-state index is 14.3. The molecule has 2 N–H and O–H groups in total. The first kappa shape index (κ1) is 24.0. The smallest absolute Gasteiger partial charge is 0.247 e. The standard InChI is InChI=1S/C29H27FN6O2/c1-2-28(37)35-26-14-22-25(15-27(26)38-20-10-12-36(16-20)19-7-8-19)32-17-33-29(22)34-18-9-11-31-24(13-18)21-5-3-4-6-23(21)30/h2-6,9,11,13-15,17,19-20H,1,7-8,10,12,16H2,(H,35,37)(H,31,32,33,34). The summed E-state index contributed by atoms with van der Waals surface area (Å²) in [5, 5.41) is 6.85. The van der Waals surface area contributed by atoms with Crippen LogP contribution in [0.15, 0.2) is 73.7 Å². The van der Waals surface area contributed by atoms with Crippen molar-refractivity contribution in [2.75, 3.05) is 23.7 Å². The van der Waals surface area contributed by atoms with E-state index in [-0.39, 0.29) is 17.8 Å². The molecule has 1 unspecified atom stereocenters. The number of rotatable bonds is 8. The van der Waals surface area contributed by atoms with Crippen LogP contribution in [0.2, 0.25) is 0 Å². The van der Waals surface area contributed by atoms with Gasteiger partial charge in [0, 0.05) is 48.0 Å². The third-order valence-electron chi connectivity index (χ3n) is 6.89. The maximum Gasteiger partial charge on any atom is 0.247 e. The first-order valence-corrected chi connectivity index (χ1v) is 12.7. The number of aromatic nitrogens is 3. The molecule has 2 aromatic carbocycles. The van der Waals surface area contributed by atoms with E-state index in [1.807, 2.05) is 6.07 Å². The first-order chi connectivity index (χ1) is 18.6. The highest BCUT2D eigenvalue weighted by Crippen LogP contribution is 2.36. The van der Waals surface area contributed by atoms with Gasteiger partial charge in [-0.15, -0.1) is 0 Å². The van der Waals surface area contributed by atoms with Gasteiger partial charge in [0.15, 0.2) is 0 Å². The summed E-state index contributed by atoms with van der Waals surface area (Å²) in [5.74, 6) is 0.408. The molecule has 192 valence electrons. The molecule has 2 aromatic heterocycles. The molecule has 6 rings (SSSR count). The number of anilines is 3. The predicted molar refractivity (Wildman–Crippen MR) is 145 cm³/mol. The lowest BCUT2D eigenvalue weighted by molar-refractivity contribution is -0.111. The Labute approximate surface area is 219 Å². The second-order valence-electron chi connectivity index (χ2n) is 9.57. The van der Waals surface area contributed by atoms with E-state index in [4.69, 9.17) is 4.74 Å². The van der Waals surface area contributed by atoms with Crippen molar-refractivity contribution in [1.29, 1.82) is 0 Å². The summed E-state index contributed by atoms with van der Waals surface area (Å²) < 4.78 is 20.7. The van der Waals surface area contributed by atoms with Crippen LogP contribution in [-0.4, -0.2) is 51.0 Å². The normalized spacial score (nSPS) is 17.3. The summed E-state index contributed by atoms with van der Waals surface area (Å²) in [4.78, 5) is 27.9. The first-order valence-electron chi connectivity index (χ1n) is 12.7. The molecule has 0 spiro atoms. The van der Waals surface area contributed by atoms with E-state index in [0.29, 0.717) is 51.1 Å². The summed E-state index contributed by atoms with van der Waals surface area (Å²) in [6.07, 6.45) is 7.80. The third kappa shape index (κ3) is 5.05. The van der Waals surface area contributed by atoms with E-state index >= 15 is 0 Å². The number of hydrogen-bond donors (Lipinski definition) is 2. The van der Waals surface area contributed by atoms with Crippen LogP contribution in [-0.2, 0) is 4.79 Å². The van der Waals surface area contributed by atoms with Crippen LogP contribution in [0.5, 0.6) is 5.75 Å². The molecule has 0 radical (unpaired) electrons. The molecule has 4 aromatic rings. The number of hydrogen-bond acceptors (Lipinski definition) is 7. The van der Waals surface area contributed by atoms with Crippen molar-refractivity contribution >= 4 is 34.0 Å². The van der Waals surface area contributed by atoms with Crippen LogP contribution in [0.4, 0.5) is 21.6 Å². The minimum atomic E-state index is -0.345. The van der Waals surface area contributed by atoms with Gasteiger partial charge in [0.25, 0.3) is 0 Å². The monoisotopic (exact) mass is 510 g/mol. The quantitative estimate of drug-likeness (QED) is 0.310. The van der Waals surface area contributed by atoms with Crippen LogP contribution in [0.3, 0.4) is 0 Å². The Morgan fingerprint density at radius 3 is 2.79 bits per heavy atom. The molecule has 1 aliphatic heterocycles.